The van der Waals surface area contributed by atoms with E-state index in [9.17, 15) is 19.5 Å². The van der Waals surface area contributed by atoms with Gasteiger partial charge in [0.1, 0.15) is 0 Å². The number of thioether (sulfide) groups is 1. The molecule has 1 aliphatic heterocycles. The Kier molecular flexibility index (Phi) is 12.0. The predicted molar refractivity (Wildman–Crippen MR) is 185 cm³/mol. The van der Waals surface area contributed by atoms with Gasteiger partial charge in [0.25, 0.3) is 0 Å². The second-order valence-electron chi connectivity index (χ2n) is 11.8. The Morgan fingerprint density at radius 2 is 1.52 bits per heavy atom. The minimum absolute atomic E-state index is 0.0281. The van der Waals surface area contributed by atoms with Gasteiger partial charge in [0.15, 0.2) is 6.29 Å². The van der Waals surface area contributed by atoms with Crippen molar-refractivity contribution in [2.45, 2.75) is 63.2 Å². The number of anilines is 1. The lowest BCUT2D eigenvalue weighted by molar-refractivity contribution is -0.268. The van der Waals surface area contributed by atoms with Crippen LogP contribution in [0.2, 0.25) is 0 Å². The van der Waals surface area contributed by atoms with Gasteiger partial charge in [-0.1, -0.05) is 79.7 Å². The fourth-order valence-electron chi connectivity index (χ4n) is 5.60. The van der Waals surface area contributed by atoms with Crippen molar-refractivity contribution in [3.05, 3.63) is 119 Å². The largest absolute Gasteiger partial charge is 0.481 e. The highest BCUT2D eigenvalue weighted by atomic mass is 32.2. The van der Waals surface area contributed by atoms with Crippen molar-refractivity contribution in [2.75, 3.05) is 11.1 Å². The van der Waals surface area contributed by atoms with Crippen LogP contribution in [0.25, 0.3) is 11.1 Å². The first-order chi connectivity index (χ1) is 23.2. The van der Waals surface area contributed by atoms with Crippen LogP contribution in [0.1, 0.15) is 61.3 Å². The van der Waals surface area contributed by atoms with E-state index >= 15 is 0 Å². The first-order valence-electron chi connectivity index (χ1n) is 15.9. The third-order valence-electron chi connectivity index (χ3n) is 8.27. The lowest BCUT2D eigenvalue weighted by Crippen LogP contribution is -2.38. The number of hydrogen-bond donors (Lipinski definition) is 4. The molecule has 250 valence electrons. The molecule has 48 heavy (non-hydrogen) atoms. The highest BCUT2D eigenvalue weighted by Gasteiger charge is 2.38. The molecule has 4 aromatic rings. The van der Waals surface area contributed by atoms with Crippen molar-refractivity contribution in [3.8, 4) is 11.1 Å². The van der Waals surface area contributed by atoms with Gasteiger partial charge in [-0.2, -0.15) is 0 Å². The smallest absolute Gasteiger partial charge is 0.303 e. The lowest BCUT2D eigenvalue weighted by atomic mass is 9.91. The number of nitrogens with one attached hydrogen (secondary N) is 2. The number of hydrogen-bond acceptors (Lipinski definition) is 7. The summed E-state index contributed by atoms with van der Waals surface area (Å²) in [6, 6.07) is 31.4. The van der Waals surface area contributed by atoms with Gasteiger partial charge < -0.3 is 30.3 Å². The Labute approximate surface area is 284 Å². The van der Waals surface area contributed by atoms with Crippen LogP contribution in [-0.4, -0.2) is 39.9 Å². The molecule has 4 aromatic carbocycles. The summed E-state index contributed by atoms with van der Waals surface area (Å²) in [4.78, 5) is 35.4. The molecule has 4 N–H and O–H groups in total. The first-order valence-corrected chi connectivity index (χ1v) is 16.9. The molecule has 0 aromatic heterocycles. The van der Waals surface area contributed by atoms with E-state index in [1.54, 1.807) is 11.8 Å². The minimum atomic E-state index is -1.00. The molecule has 1 fully saturated rings. The maximum absolute atomic E-state index is 12.1. The van der Waals surface area contributed by atoms with Crippen LogP contribution in [0.15, 0.2) is 102 Å². The Balaban J connectivity index is 1.33. The zero-order valence-corrected chi connectivity index (χ0v) is 27.7. The molecule has 0 unspecified atom stereocenters. The Hall–Kier alpha value is -4.48. The standard InChI is InChI=1S/C38H40N2O7S/c1-24-34(23-48-32-17-15-31(16-18-32)40-25(2)42)46-38(47-37(24)28-9-7-26(22-41)8-10-28)29-13-11-27(12-14-29)33-6-4-3-5-30(33)21-39-35(43)19-20-36(44)45/h3-18,24,34,37-38,41H,19-23H2,1-2H3,(H,39,43)(H,40,42)(H,44,45)/t24-,34+,37+,38+/m1/s1. The molecule has 9 nitrogen and oxygen atoms in total. The maximum Gasteiger partial charge on any atom is 0.303 e. The molecule has 5 rings (SSSR count). The van der Waals surface area contributed by atoms with Gasteiger partial charge in [-0.3, -0.25) is 14.4 Å². The van der Waals surface area contributed by atoms with Crippen molar-refractivity contribution in [1.29, 1.82) is 0 Å². The monoisotopic (exact) mass is 668 g/mol. The van der Waals surface area contributed by atoms with Crippen LogP contribution in [0, 0.1) is 5.92 Å². The molecule has 0 bridgehead atoms. The van der Waals surface area contributed by atoms with Crippen LogP contribution in [0.4, 0.5) is 5.69 Å². The molecule has 1 aliphatic rings. The summed E-state index contributed by atoms with van der Waals surface area (Å²) >= 11 is 1.69. The number of carboxylic acid groups (broad SMARTS) is 1. The second kappa shape index (κ2) is 16.6. The molecule has 4 atom stereocenters. The van der Waals surface area contributed by atoms with E-state index in [-0.39, 0.29) is 55.9 Å². The summed E-state index contributed by atoms with van der Waals surface area (Å²) in [5.74, 6) is -0.700. The van der Waals surface area contributed by atoms with Gasteiger partial charge >= 0.3 is 5.97 Å². The van der Waals surface area contributed by atoms with Gasteiger partial charge in [0.2, 0.25) is 11.8 Å². The topological polar surface area (TPSA) is 134 Å². The van der Waals surface area contributed by atoms with Crippen LogP contribution >= 0.6 is 11.8 Å². The molecule has 0 aliphatic carbocycles. The Morgan fingerprint density at radius 3 is 2.19 bits per heavy atom. The summed E-state index contributed by atoms with van der Waals surface area (Å²) in [5.41, 5.74) is 6.31. The number of carbonyl (C=O) groups is 3. The third kappa shape index (κ3) is 9.32. The minimum Gasteiger partial charge on any atom is -0.481 e. The molecular weight excluding hydrogens is 628 g/mol. The van der Waals surface area contributed by atoms with Crippen molar-refractivity contribution < 1.29 is 34.1 Å². The van der Waals surface area contributed by atoms with Crippen LogP contribution < -0.4 is 10.6 Å². The number of aliphatic hydroxyl groups is 1. The van der Waals surface area contributed by atoms with Gasteiger partial charge in [0, 0.05) is 47.7 Å². The van der Waals surface area contributed by atoms with Gasteiger partial charge in [0.05, 0.1) is 25.2 Å². The van der Waals surface area contributed by atoms with Crippen LogP contribution in [-0.2, 0) is 37.0 Å². The quantitative estimate of drug-likeness (QED) is 0.114. The first kappa shape index (κ1) is 34.8. The normalized spacial score (nSPS) is 19.0. The second-order valence-corrected chi connectivity index (χ2v) is 12.9. The number of benzene rings is 4. The average Bonchev–Trinajstić information content (AvgIpc) is 3.10. The van der Waals surface area contributed by atoms with E-state index < -0.39 is 12.3 Å². The average molecular weight is 669 g/mol. The fraction of sp³-hybridized carbons (Fsp3) is 0.289. The summed E-state index contributed by atoms with van der Waals surface area (Å²) < 4.78 is 13.3. The summed E-state index contributed by atoms with van der Waals surface area (Å²) in [7, 11) is 0. The van der Waals surface area contributed by atoms with Crippen molar-refractivity contribution in [1.82, 2.24) is 5.32 Å². The van der Waals surface area contributed by atoms with E-state index in [2.05, 4.69) is 17.6 Å². The molecule has 1 saturated heterocycles. The highest BCUT2D eigenvalue weighted by molar-refractivity contribution is 7.99. The van der Waals surface area contributed by atoms with Crippen LogP contribution in [0.3, 0.4) is 0 Å². The molecule has 2 amide bonds. The highest BCUT2D eigenvalue weighted by Crippen LogP contribution is 2.43. The zero-order valence-electron chi connectivity index (χ0n) is 26.9. The number of ether oxygens (including phenoxy) is 2. The fourth-order valence-corrected chi connectivity index (χ4v) is 6.67. The van der Waals surface area contributed by atoms with E-state index in [1.165, 1.54) is 6.92 Å². The molecule has 0 spiro atoms. The van der Waals surface area contributed by atoms with Crippen molar-refractivity contribution in [3.63, 3.8) is 0 Å². The van der Waals surface area contributed by atoms with Crippen LogP contribution in [0.5, 0.6) is 0 Å². The van der Waals surface area contributed by atoms with Gasteiger partial charge in [-0.25, -0.2) is 0 Å². The van der Waals surface area contributed by atoms with E-state index in [4.69, 9.17) is 14.6 Å². The zero-order chi connectivity index (χ0) is 34.0. The molecular formula is C38H40N2O7S. The molecule has 1 heterocycles. The summed E-state index contributed by atoms with van der Waals surface area (Å²) in [6.45, 7) is 3.88. The van der Waals surface area contributed by atoms with Crippen molar-refractivity contribution in [2.24, 2.45) is 5.92 Å². The maximum atomic E-state index is 12.1. The SMILES string of the molecule is CC(=O)Nc1ccc(SC[C@@H]2O[C@H](c3ccc(-c4ccccc4CNC(=O)CCC(=O)O)cc3)O[C@H](c3ccc(CO)cc3)[C@@H]2C)cc1. The number of carbonyl (C=O) groups excluding carboxylic acids is 2. The van der Waals surface area contributed by atoms with Gasteiger partial charge in [-0.05, 0) is 52.1 Å². The number of aliphatic carboxylic acids is 1. The van der Waals surface area contributed by atoms with E-state index in [1.807, 2.05) is 97.1 Å². The van der Waals surface area contributed by atoms with E-state index in [0.29, 0.717) is 5.75 Å². The third-order valence-corrected chi connectivity index (χ3v) is 9.37. The van der Waals surface area contributed by atoms with Crippen molar-refractivity contribution >= 4 is 35.2 Å². The molecule has 10 heteroatoms. The molecule has 0 saturated carbocycles. The number of aliphatic hydroxyl groups excluding tert-OH is 1. The predicted octanol–water partition coefficient (Wildman–Crippen LogP) is 6.87. The number of carboxylic acids is 1. The summed E-state index contributed by atoms with van der Waals surface area (Å²) in [5, 5.41) is 24.0. The summed E-state index contributed by atoms with van der Waals surface area (Å²) in [6.07, 6.45) is -1.27. The Morgan fingerprint density at radius 1 is 0.833 bits per heavy atom. The van der Waals surface area contributed by atoms with E-state index in [0.717, 1.165) is 44.0 Å². The Bertz CT molecular complexity index is 1690. The lowest BCUT2D eigenvalue weighted by Gasteiger charge is -2.41. The van der Waals surface area contributed by atoms with Gasteiger partial charge in [-0.15, -0.1) is 11.8 Å². The number of amides is 2. The number of rotatable bonds is 13. The molecule has 0 radical (unpaired) electrons.